The topological polar surface area (TPSA) is 64.1 Å². The highest BCUT2D eigenvalue weighted by Gasteiger charge is 2.09. The van der Waals surface area contributed by atoms with Gasteiger partial charge >= 0.3 is 0 Å². The number of nitrogens with zero attached hydrogens (tertiary/aromatic N) is 2. The van der Waals surface area contributed by atoms with Gasteiger partial charge in [0.25, 0.3) is 5.91 Å². The van der Waals surface area contributed by atoms with E-state index in [1.165, 1.54) is 17.7 Å². The second kappa shape index (κ2) is 6.07. The summed E-state index contributed by atoms with van der Waals surface area (Å²) in [6.07, 6.45) is 1.43. The molecule has 1 aromatic carbocycles. The summed E-state index contributed by atoms with van der Waals surface area (Å²) in [6, 6.07) is 8.69. The Labute approximate surface area is 129 Å². The van der Waals surface area contributed by atoms with Crippen LogP contribution in [0.4, 0.5) is 5.82 Å². The second-order valence-corrected chi connectivity index (χ2v) is 5.48. The number of aromatic nitrogens is 2. The number of hydrogen-bond acceptors (Lipinski definition) is 5. The third-order valence-corrected chi connectivity index (χ3v) is 3.78. The molecule has 0 atom stereocenters. The van der Waals surface area contributed by atoms with Crippen LogP contribution in [0.1, 0.15) is 0 Å². The Morgan fingerprint density at radius 1 is 1.24 bits per heavy atom. The molecular weight excluding hydrogens is 310 g/mol. The van der Waals surface area contributed by atoms with Crippen LogP contribution in [0.15, 0.2) is 42.0 Å². The number of benzene rings is 1. The maximum atomic E-state index is 11.9. The van der Waals surface area contributed by atoms with Crippen molar-refractivity contribution in [1.82, 2.24) is 9.97 Å². The van der Waals surface area contributed by atoms with Crippen molar-refractivity contribution in [1.29, 1.82) is 0 Å². The number of hydrogen-bond donors (Lipinski definition) is 1. The van der Waals surface area contributed by atoms with Crippen molar-refractivity contribution < 1.29 is 9.53 Å². The zero-order chi connectivity index (χ0) is 14.7. The number of carbonyl (C=O) groups is 1. The molecular formula is C14H10ClN3O2S. The van der Waals surface area contributed by atoms with Crippen molar-refractivity contribution in [2.45, 2.75) is 0 Å². The van der Waals surface area contributed by atoms with E-state index in [2.05, 4.69) is 15.3 Å². The van der Waals surface area contributed by atoms with Gasteiger partial charge in [0, 0.05) is 5.02 Å². The Bertz CT molecular complexity index is 773. The summed E-state index contributed by atoms with van der Waals surface area (Å²) >= 11 is 7.27. The molecule has 0 radical (unpaired) electrons. The van der Waals surface area contributed by atoms with Crippen molar-refractivity contribution >= 4 is 44.9 Å². The first-order valence-corrected chi connectivity index (χ1v) is 7.34. The monoisotopic (exact) mass is 319 g/mol. The van der Waals surface area contributed by atoms with E-state index in [1.54, 1.807) is 24.3 Å². The summed E-state index contributed by atoms with van der Waals surface area (Å²) in [7, 11) is 0. The summed E-state index contributed by atoms with van der Waals surface area (Å²) in [5, 5.41) is 6.06. The molecule has 0 aliphatic carbocycles. The molecule has 3 rings (SSSR count). The van der Waals surface area contributed by atoms with Crippen LogP contribution in [0, 0.1) is 0 Å². The first kappa shape index (κ1) is 13.8. The quantitative estimate of drug-likeness (QED) is 0.801. The summed E-state index contributed by atoms with van der Waals surface area (Å²) < 4.78 is 5.38. The summed E-state index contributed by atoms with van der Waals surface area (Å²) in [5.74, 6) is 0.792. The molecule has 0 aliphatic rings. The lowest BCUT2D eigenvalue weighted by atomic mass is 10.3. The van der Waals surface area contributed by atoms with Gasteiger partial charge in [0.2, 0.25) is 0 Å². The average molecular weight is 320 g/mol. The Balaban J connectivity index is 1.64. The summed E-state index contributed by atoms with van der Waals surface area (Å²) in [4.78, 5) is 20.9. The lowest BCUT2D eigenvalue weighted by Gasteiger charge is -2.07. The number of fused-ring (bicyclic) bond motifs is 1. The molecule has 5 nitrogen and oxygen atoms in total. The minimum absolute atomic E-state index is 0.0999. The smallest absolute Gasteiger partial charge is 0.263 e. The predicted octanol–water partition coefficient (Wildman–Crippen LogP) is 3.36. The largest absolute Gasteiger partial charge is 0.484 e. The van der Waals surface area contributed by atoms with Crippen molar-refractivity contribution in [3.05, 3.63) is 47.1 Å². The Hall–Kier alpha value is -2.18. The Kier molecular flexibility index (Phi) is 3.98. The number of nitrogens with one attached hydrogen (secondary N) is 1. The maximum absolute atomic E-state index is 11.9. The van der Waals surface area contributed by atoms with Gasteiger partial charge in [0.15, 0.2) is 6.61 Å². The number of ether oxygens (including phenoxy) is 1. The maximum Gasteiger partial charge on any atom is 0.263 e. The predicted molar refractivity (Wildman–Crippen MR) is 83.0 cm³/mol. The molecule has 106 valence electrons. The first-order chi connectivity index (χ1) is 10.2. The molecule has 0 fully saturated rings. The summed E-state index contributed by atoms with van der Waals surface area (Å²) in [5.41, 5.74) is 0. The van der Waals surface area contributed by atoms with E-state index < -0.39 is 0 Å². The van der Waals surface area contributed by atoms with Crippen LogP contribution in [0.2, 0.25) is 5.02 Å². The molecule has 3 aromatic rings. The van der Waals surface area contributed by atoms with Crippen molar-refractivity contribution in [2.75, 3.05) is 11.9 Å². The third-order valence-electron chi connectivity index (χ3n) is 2.70. The van der Waals surface area contributed by atoms with E-state index in [0.29, 0.717) is 16.6 Å². The van der Waals surface area contributed by atoms with E-state index in [4.69, 9.17) is 16.3 Å². The molecule has 2 aromatic heterocycles. The highest BCUT2D eigenvalue weighted by molar-refractivity contribution is 7.16. The van der Waals surface area contributed by atoms with Crippen LogP contribution >= 0.6 is 22.9 Å². The Morgan fingerprint density at radius 3 is 2.86 bits per heavy atom. The fourth-order valence-corrected chi connectivity index (χ4v) is 2.60. The highest BCUT2D eigenvalue weighted by atomic mass is 35.5. The zero-order valence-electron chi connectivity index (χ0n) is 10.7. The highest BCUT2D eigenvalue weighted by Crippen LogP contribution is 2.23. The molecule has 0 aliphatic heterocycles. The number of anilines is 1. The number of rotatable bonds is 4. The van der Waals surface area contributed by atoms with E-state index >= 15 is 0 Å². The molecule has 7 heteroatoms. The molecule has 0 spiro atoms. The van der Waals surface area contributed by atoms with Gasteiger partial charge in [-0.15, -0.1) is 11.3 Å². The fourth-order valence-electron chi connectivity index (χ4n) is 1.74. The molecule has 1 N–H and O–H groups in total. The fraction of sp³-hybridized carbons (Fsp3) is 0.0714. The van der Waals surface area contributed by atoms with Crippen LogP contribution in [0.25, 0.3) is 10.2 Å². The van der Waals surface area contributed by atoms with Gasteiger partial charge in [-0.1, -0.05) is 11.6 Å². The van der Waals surface area contributed by atoms with Crippen LogP contribution < -0.4 is 10.1 Å². The van der Waals surface area contributed by atoms with Gasteiger partial charge in [-0.3, -0.25) is 4.79 Å². The van der Waals surface area contributed by atoms with Gasteiger partial charge in [-0.25, -0.2) is 9.97 Å². The van der Waals surface area contributed by atoms with Crippen LogP contribution in [0.3, 0.4) is 0 Å². The molecule has 0 saturated carbocycles. The van der Waals surface area contributed by atoms with Crippen molar-refractivity contribution in [3.8, 4) is 5.75 Å². The molecule has 21 heavy (non-hydrogen) atoms. The zero-order valence-corrected chi connectivity index (χ0v) is 12.3. The molecule has 2 heterocycles. The molecule has 0 saturated heterocycles. The minimum Gasteiger partial charge on any atom is -0.484 e. The SMILES string of the molecule is O=C(COc1ccc(Cl)cc1)Nc1ncnc2sccc12. The summed E-state index contributed by atoms with van der Waals surface area (Å²) in [6.45, 7) is -0.0999. The lowest BCUT2D eigenvalue weighted by Crippen LogP contribution is -2.20. The number of halogens is 1. The van der Waals surface area contributed by atoms with Crippen LogP contribution in [-0.4, -0.2) is 22.5 Å². The van der Waals surface area contributed by atoms with Gasteiger partial charge in [-0.05, 0) is 35.7 Å². The molecule has 0 bridgehead atoms. The second-order valence-electron chi connectivity index (χ2n) is 4.15. The van der Waals surface area contributed by atoms with E-state index in [9.17, 15) is 4.79 Å². The number of thiophene rings is 1. The molecule has 0 unspecified atom stereocenters. The van der Waals surface area contributed by atoms with Gasteiger partial charge in [0.1, 0.15) is 22.7 Å². The van der Waals surface area contributed by atoms with Crippen LogP contribution in [0.5, 0.6) is 5.75 Å². The number of carbonyl (C=O) groups excluding carboxylic acids is 1. The number of amides is 1. The van der Waals surface area contributed by atoms with Gasteiger partial charge in [0.05, 0.1) is 5.39 Å². The normalized spacial score (nSPS) is 10.5. The standard InChI is InChI=1S/C14H10ClN3O2S/c15-9-1-3-10(4-2-9)20-7-12(19)18-13-11-5-6-21-14(11)17-8-16-13/h1-6,8H,7H2,(H,16,17,18,19). The first-order valence-electron chi connectivity index (χ1n) is 6.09. The minimum atomic E-state index is -0.281. The molecule has 1 amide bonds. The van der Waals surface area contributed by atoms with E-state index in [-0.39, 0.29) is 12.5 Å². The van der Waals surface area contributed by atoms with E-state index in [1.807, 2.05) is 11.4 Å². The Morgan fingerprint density at radius 2 is 2.05 bits per heavy atom. The average Bonchev–Trinajstić information content (AvgIpc) is 2.96. The van der Waals surface area contributed by atoms with Crippen molar-refractivity contribution in [2.24, 2.45) is 0 Å². The van der Waals surface area contributed by atoms with Gasteiger partial charge < -0.3 is 10.1 Å². The van der Waals surface area contributed by atoms with Crippen molar-refractivity contribution in [3.63, 3.8) is 0 Å². The van der Waals surface area contributed by atoms with Gasteiger partial charge in [-0.2, -0.15) is 0 Å². The lowest BCUT2D eigenvalue weighted by molar-refractivity contribution is -0.118. The third kappa shape index (κ3) is 3.29. The van der Waals surface area contributed by atoms with E-state index in [0.717, 1.165) is 10.2 Å². The van der Waals surface area contributed by atoms with Crippen LogP contribution in [-0.2, 0) is 4.79 Å².